The van der Waals surface area contributed by atoms with Crippen molar-refractivity contribution in [2.24, 2.45) is 7.05 Å². The summed E-state index contributed by atoms with van der Waals surface area (Å²) in [6.07, 6.45) is 4.51. The van der Waals surface area contributed by atoms with E-state index in [0.29, 0.717) is 5.92 Å². The molecule has 0 radical (unpaired) electrons. The van der Waals surface area contributed by atoms with Gasteiger partial charge in [0.05, 0.1) is 0 Å². The highest BCUT2D eigenvalue weighted by Gasteiger charge is 2.22. The number of para-hydroxylation sites is 1. The molecule has 0 spiro atoms. The Morgan fingerprint density at radius 2 is 1.60 bits per heavy atom. The molecule has 0 fully saturated rings. The monoisotopic (exact) mass is 333 g/mol. The first-order valence-corrected chi connectivity index (χ1v) is 9.06. The van der Waals surface area contributed by atoms with Crippen molar-refractivity contribution in [3.05, 3.63) is 70.5 Å². The van der Waals surface area contributed by atoms with Crippen molar-refractivity contribution in [3.8, 4) is 17.1 Å². The average molecular weight is 333 g/mol. The van der Waals surface area contributed by atoms with Gasteiger partial charge in [0.1, 0.15) is 12.7 Å². The van der Waals surface area contributed by atoms with Crippen LogP contribution >= 0.6 is 0 Å². The quantitative estimate of drug-likeness (QED) is 0.573. The normalized spacial score (nSPS) is 11.4. The minimum atomic E-state index is 0.487. The van der Waals surface area contributed by atoms with Gasteiger partial charge in [0.2, 0.25) is 5.69 Å². The van der Waals surface area contributed by atoms with Crippen molar-refractivity contribution in [1.29, 1.82) is 0 Å². The molecule has 1 aromatic carbocycles. The van der Waals surface area contributed by atoms with Gasteiger partial charge in [0.25, 0.3) is 0 Å². The topological polar surface area (TPSA) is 8.81 Å². The van der Waals surface area contributed by atoms with Crippen molar-refractivity contribution in [3.63, 3.8) is 0 Å². The molecule has 0 saturated carbocycles. The smallest absolute Gasteiger partial charge is 0.229 e. The zero-order valence-electron chi connectivity index (χ0n) is 16.5. The zero-order chi connectivity index (χ0) is 18.3. The Labute approximate surface area is 151 Å². The lowest BCUT2D eigenvalue weighted by atomic mass is 10.0. The maximum atomic E-state index is 2.38. The van der Waals surface area contributed by atoms with Gasteiger partial charge in [0.15, 0.2) is 6.20 Å². The first kappa shape index (κ1) is 17.5. The van der Waals surface area contributed by atoms with Gasteiger partial charge in [-0.3, -0.25) is 0 Å². The number of hydrogen-bond acceptors (Lipinski definition) is 0. The van der Waals surface area contributed by atoms with Crippen LogP contribution in [0.5, 0.6) is 0 Å². The van der Waals surface area contributed by atoms with Crippen molar-refractivity contribution in [2.75, 3.05) is 0 Å². The highest BCUT2D eigenvalue weighted by Crippen LogP contribution is 2.32. The maximum absolute atomic E-state index is 2.38. The number of hydrogen-bond donors (Lipinski definition) is 0. The van der Waals surface area contributed by atoms with E-state index >= 15 is 0 Å². The number of aromatic nitrogens is 2. The molecule has 3 rings (SSSR count). The number of nitrogens with zero attached hydrogens (tertiary/aromatic N) is 2. The molecule has 2 heterocycles. The summed E-state index contributed by atoms with van der Waals surface area (Å²) in [5.74, 6) is 0.487. The first-order chi connectivity index (χ1) is 11.8. The SMILES string of the molecule is Cc1cc(-c2c(C)c(C)cn2-c2ccccc2C(C)C)[n+](C)cc1C. The molecule has 2 nitrogen and oxygen atoms in total. The second-order valence-corrected chi connectivity index (χ2v) is 7.50. The van der Waals surface area contributed by atoms with Crippen molar-refractivity contribution >= 4 is 0 Å². The Kier molecular flexibility index (Phi) is 4.55. The van der Waals surface area contributed by atoms with Crippen LogP contribution in [0.1, 0.15) is 47.6 Å². The molecular weight excluding hydrogens is 304 g/mol. The van der Waals surface area contributed by atoms with E-state index in [-0.39, 0.29) is 0 Å². The fourth-order valence-electron chi connectivity index (χ4n) is 3.54. The standard InChI is InChI=1S/C23H29N2/c1-15(2)20-10-8-9-11-21(20)25-14-18(5)19(6)23(25)22-12-16(3)17(4)13-24(22)7/h8-15H,1-7H3/q+1. The molecule has 0 saturated heterocycles. The molecule has 0 amide bonds. The Morgan fingerprint density at radius 1 is 0.920 bits per heavy atom. The number of benzene rings is 1. The highest BCUT2D eigenvalue weighted by atomic mass is 15.0. The lowest BCUT2D eigenvalue weighted by Gasteiger charge is -2.16. The van der Waals surface area contributed by atoms with Gasteiger partial charge in [-0.2, -0.15) is 4.57 Å². The Hall–Kier alpha value is -2.35. The summed E-state index contributed by atoms with van der Waals surface area (Å²) in [5, 5.41) is 0. The molecule has 0 aliphatic heterocycles. The minimum absolute atomic E-state index is 0.487. The third-order valence-corrected chi connectivity index (χ3v) is 5.31. The van der Waals surface area contributed by atoms with Gasteiger partial charge in [-0.05, 0) is 61.9 Å². The summed E-state index contributed by atoms with van der Waals surface area (Å²) < 4.78 is 4.63. The summed E-state index contributed by atoms with van der Waals surface area (Å²) in [7, 11) is 2.14. The number of pyridine rings is 1. The third-order valence-electron chi connectivity index (χ3n) is 5.31. The fraction of sp³-hybridized carbons (Fsp3) is 0.348. The molecule has 0 atom stereocenters. The maximum Gasteiger partial charge on any atom is 0.229 e. The summed E-state index contributed by atoms with van der Waals surface area (Å²) in [4.78, 5) is 0. The third kappa shape index (κ3) is 3.02. The molecule has 0 aliphatic rings. The zero-order valence-corrected chi connectivity index (χ0v) is 16.5. The van der Waals surface area contributed by atoms with Crippen molar-refractivity contribution < 1.29 is 4.57 Å². The first-order valence-electron chi connectivity index (χ1n) is 9.06. The predicted molar refractivity (Wildman–Crippen MR) is 105 cm³/mol. The van der Waals surface area contributed by atoms with Gasteiger partial charge in [-0.25, -0.2) is 0 Å². The van der Waals surface area contributed by atoms with E-state index in [1.54, 1.807) is 0 Å². The summed E-state index contributed by atoms with van der Waals surface area (Å²) >= 11 is 0. The van der Waals surface area contributed by atoms with E-state index in [1.165, 1.54) is 44.9 Å². The van der Waals surface area contributed by atoms with Gasteiger partial charge >= 0.3 is 0 Å². The molecule has 0 N–H and O–H groups in total. The summed E-state index contributed by atoms with van der Waals surface area (Å²) in [6.45, 7) is 13.3. The predicted octanol–water partition coefficient (Wildman–Crippen LogP) is 5.33. The van der Waals surface area contributed by atoms with Crippen LogP contribution in [0, 0.1) is 27.7 Å². The van der Waals surface area contributed by atoms with Crippen LogP contribution in [-0.4, -0.2) is 4.57 Å². The van der Waals surface area contributed by atoms with Gasteiger partial charge in [-0.15, -0.1) is 0 Å². The van der Waals surface area contributed by atoms with Crippen LogP contribution in [0.3, 0.4) is 0 Å². The molecule has 0 aliphatic carbocycles. The van der Waals surface area contributed by atoms with Crippen LogP contribution in [0.4, 0.5) is 0 Å². The summed E-state index contributed by atoms with van der Waals surface area (Å²) in [6, 6.07) is 11.1. The molecule has 3 aromatic rings. The van der Waals surface area contributed by atoms with Crippen LogP contribution < -0.4 is 4.57 Å². The molecule has 25 heavy (non-hydrogen) atoms. The minimum Gasteiger partial charge on any atom is -0.311 e. The fourth-order valence-corrected chi connectivity index (χ4v) is 3.54. The molecule has 130 valence electrons. The van der Waals surface area contributed by atoms with E-state index < -0.39 is 0 Å². The van der Waals surface area contributed by atoms with E-state index in [1.807, 2.05) is 0 Å². The van der Waals surface area contributed by atoms with Crippen LogP contribution in [0.2, 0.25) is 0 Å². The number of aryl methyl sites for hydroxylation is 4. The van der Waals surface area contributed by atoms with E-state index in [4.69, 9.17) is 0 Å². The summed E-state index contributed by atoms with van der Waals surface area (Å²) in [5.41, 5.74) is 10.5. The number of rotatable bonds is 3. The Bertz CT molecular complexity index is 930. The van der Waals surface area contributed by atoms with E-state index in [9.17, 15) is 0 Å². The molecule has 0 unspecified atom stereocenters. The molecule has 2 aromatic heterocycles. The Balaban J connectivity index is 2.33. The lowest BCUT2D eigenvalue weighted by Crippen LogP contribution is -2.32. The average Bonchev–Trinajstić information content (AvgIpc) is 2.86. The van der Waals surface area contributed by atoms with Crippen molar-refractivity contribution in [1.82, 2.24) is 4.57 Å². The largest absolute Gasteiger partial charge is 0.311 e. The van der Waals surface area contributed by atoms with E-state index in [0.717, 1.165) is 0 Å². The van der Waals surface area contributed by atoms with Gasteiger partial charge in [0, 0.05) is 23.5 Å². The van der Waals surface area contributed by atoms with Gasteiger partial charge in [-0.1, -0.05) is 32.0 Å². The second-order valence-electron chi connectivity index (χ2n) is 7.50. The van der Waals surface area contributed by atoms with Crippen molar-refractivity contribution in [2.45, 2.75) is 47.5 Å². The highest BCUT2D eigenvalue weighted by molar-refractivity contribution is 5.65. The molecule has 0 bridgehead atoms. The Morgan fingerprint density at radius 3 is 2.28 bits per heavy atom. The van der Waals surface area contributed by atoms with Crippen LogP contribution in [0.25, 0.3) is 17.1 Å². The van der Waals surface area contributed by atoms with Crippen LogP contribution in [0.15, 0.2) is 42.7 Å². The van der Waals surface area contributed by atoms with E-state index in [2.05, 4.69) is 100 Å². The molecule has 2 heteroatoms. The van der Waals surface area contributed by atoms with Crippen LogP contribution in [-0.2, 0) is 7.05 Å². The molecular formula is C23H29N2+. The van der Waals surface area contributed by atoms with Gasteiger partial charge < -0.3 is 4.57 Å². The lowest BCUT2D eigenvalue weighted by molar-refractivity contribution is -0.661. The second kappa shape index (κ2) is 6.51.